The van der Waals surface area contributed by atoms with Crippen LogP contribution in [0.5, 0.6) is 17.4 Å². The fourth-order valence-corrected chi connectivity index (χ4v) is 4.01. The van der Waals surface area contributed by atoms with Crippen molar-refractivity contribution in [2.75, 3.05) is 7.11 Å². The van der Waals surface area contributed by atoms with Crippen molar-refractivity contribution in [3.63, 3.8) is 0 Å². The fourth-order valence-electron chi connectivity index (χ4n) is 4.01. The lowest BCUT2D eigenvalue weighted by Crippen LogP contribution is -2.08. The molecule has 6 heterocycles. The maximum absolute atomic E-state index is 11.1. The minimum Gasteiger partial charge on any atom is -0.486 e. The van der Waals surface area contributed by atoms with Gasteiger partial charge < -0.3 is 33.1 Å². The van der Waals surface area contributed by atoms with Crippen LogP contribution in [0.3, 0.4) is 0 Å². The summed E-state index contributed by atoms with van der Waals surface area (Å²) in [5, 5.41) is 6.89. The highest BCUT2D eigenvalue weighted by Crippen LogP contribution is 2.22. The number of carbonyl (C=O) groups excluding carboxylic acids is 2. The lowest BCUT2D eigenvalue weighted by atomic mass is 10.2. The number of carboxylic acid groups (broad SMARTS) is 1. The molecule has 0 aromatic carbocycles. The lowest BCUT2D eigenvalue weighted by molar-refractivity contribution is -0.122. The third-order valence-electron chi connectivity index (χ3n) is 6.02. The molecule has 2 N–H and O–H groups in total. The van der Waals surface area contributed by atoms with Gasteiger partial charge in [0.1, 0.15) is 36.0 Å². The number of imidazole rings is 2. The van der Waals surface area contributed by atoms with Crippen molar-refractivity contribution >= 4 is 30.3 Å². The van der Waals surface area contributed by atoms with Gasteiger partial charge in [-0.3, -0.25) is 19.2 Å². The number of aromatic nitrogens is 6. The van der Waals surface area contributed by atoms with Crippen molar-refractivity contribution in [3.05, 3.63) is 119 Å². The highest BCUT2D eigenvalue weighted by molar-refractivity contribution is 5.79. The molecule has 0 radical (unpaired) electrons. The summed E-state index contributed by atoms with van der Waals surface area (Å²) in [6.07, 6.45) is 15.1. The van der Waals surface area contributed by atoms with Crippen molar-refractivity contribution in [1.82, 2.24) is 28.7 Å². The first kappa shape index (κ1) is 30.6. The second-order valence-corrected chi connectivity index (χ2v) is 8.68. The molecule has 0 fully saturated rings. The van der Waals surface area contributed by atoms with Crippen molar-refractivity contribution < 1.29 is 33.7 Å². The summed E-state index contributed by atoms with van der Waals surface area (Å²) in [5.41, 5.74) is 3.72. The number of methoxy groups -OCH3 is 1. The second kappa shape index (κ2) is 15.1. The van der Waals surface area contributed by atoms with Crippen LogP contribution in [0.2, 0.25) is 0 Å². The van der Waals surface area contributed by atoms with Crippen LogP contribution in [-0.4, -0.2) is 60.0 Å². The molecule has 0 aliphatic carbocycles. The minimum absolute atomic E-state index is 0.226. The van der Waals surface area contributed by atoms with Gasteiger partial charge in [0, 0.05) is 66.6 Å². The summed E-state index contributed by atoms with van der Waals surface area (Å²) >= 11 is 0. The molecular weight excluding hydrogens is 572 g/mol. The van der Waals surface area contributed by atoms with E-state index in [0.717, 1.165) is 28.7 Å². The molecule has 14 heteroatoms. The van der Waals surface area contributed by atoms with Gasteiger partial charge in [-0.2, -0.15) is 0 Å². The molecular formula is C30H26N6O8. The van der Waals surface area contributed by atoms with Crippen molar-refractivity contribution in [3.8, 4) is 17.4 Å². The van der Waals surface area contributed by atoms with E-state index < -0.39 is 0 Å². The predicted octanol–water partition coefficient (Wildman–Crippen LogP) is 3.24. The monoisotopic (exact) mass is 598 g/mol. The first-order valence-electron chi connectivity index (χ1n) is 12.8. The number of nitrogens with zero attached hydrogens (tertiary/aromatic N) is 5. The number of ether oxygens (including phenoxy) is 3. The van der Waals surface area contributed by atoms with Crippen LogP contribution in [0.1, 0.15) is 31.8 Å². The van der Waals surface area contributed by atoms with E-state index in [-0.39, 0.29) is 24.2 Å². The Balaban J connectivity index is 0.000000185. The molecule has 0 spiro atoms. The van der Waals surface area contributed by atoms with Gasteiger partial charge >= 0.3 is 0 Å². The Morgan fingerprint density at radius 3 is 1.91 bits per heavy atom. The summed E-state index contributed by atoms with van der Waals surface area (Å²) < 4.78 is 20.1. The van der Waals surface area contributed by atoms with Gasteiger partial charge in [0.2, 0.25) is 11.4 Å². The number of carbonyl (C=O) groups is 3. The van der Waals surface area contributed by atoms with Crippen LogP contribution in [0.15, 0.2) is 90.8 Å². The first-order valence-corrected chi connectivity index (χ1v) is 12.8. The molecule has 0 amide bonds. The summed E-state index contributed by atoms with van der Waals surface area (Å²) in [4.78, 5) is 56.6. The van der Waals surface area contributed by atoms with E-state index in [1.807, 2.05) is 57.9 Å². The van der Waals surface area contributed by atoms with Crippen LogP contribution in [0.4, 0.5) is 0 Å². The van der Waals surface area contributed by atoms with Crippen molar-refractivity contribution in [2.24, 2.45) is 0 Å². The van der Waals surface area contributed by atoms with Crippen LogP contribution in [-0.2, 0) is 18.0 Å². The molecule has 0 aliphatic heterocycles. The van der Waals surface area contributed by atoms with Gasteiger partial charge in [0.05, 0.1) is 24.4 Å². The Hall–Kier alpha value is -6.31. The number of rotatable bonds is 9. The minimum atomic E-state index is -0.338. The third kappa shape index (κ3) is 7.50. The molecule has 224 valence electrons. The zero-order chi connectivity index (χ0) is 31.3. The normalized spacial score (nSPS) is 10.1. The molecule has 44 heavy (non-hydrogen) atoms. The quantitative estimate of drug-likeness (QED) is 0.233. The van der Waals surface area contributed by atoms with Crippen LogP contribution < -0.4 is 19.8 Å². The Morgan fingerprint density at radius 2 is 1.36 bits per heavy atom. The molecule has 0 saturated carbocycles. The van der Waals surface area contributed by atoms with Gasteiger partial charge in [0.25, 0.3) is 6.47 Å². The smallest absolute Gasteiger partial charge is 0.290 e. The maximum atomic E-state index is 11.1. The number of fused-ring (bicyclic) bond motifs is 2. The fraction of sp³-hybridized carbons (Fsp3) is 0.100. The summed E-state index contributed by atoms with van der Waals surface area (Å²) in [6, 6.07) is 10.4. The number of hydrogen-bond donors (Lipinski definition) is 2. The van der Waals surface area contributed by atoms with Gasteiger partial charge in [-0.05, 0) is 12.1 Å². The molecule has 14 nitrogen and oxygen atoms in total. The highest BCUT2D eigenvalue weighted by Gasteiger charge is 2.09. The molecule has 0 saturated heterocycles. The number of aldehydes is 2. The number of pyridine rings is 4. The maximum Gasteiger partial charge on any atom is 0.290 e. The zero-order valence-corrected chi connectivity index (χ0v) is 23.3. The summed E-state index contributed by atoms with van der Waals surface area (Å²) in [5.74, 6) is 1.13. The van der Waals surface area contributed by atoms with Crippen molar-refractivity contribution in [1.29, 1.82) is 0 Å². The van der Waals surface area contributed by atoms with Gasteiger partial charge in [-0.15, -0.1) is 0 Å². The van der Waals surface area contributed by atoms with Gasteiger partial charge in [0.15, 0.2) is 12.6 Å². The van der Waals surface area contributed by atoms with Crippen LogP contribution in [0.25, 0.3) is 11.3 Å². The molecule has 0 aliphatic rings. The Bertz CT molecular complexity index is 1930. The molecule has 6 aromatic rings. The molecule has 0 atom stereocenters. The van der Waals surface area contributed by atoms with Crippen molar-refractivity contribution in [2.45, 2.75) is 13.2 Å². The highest BCUT2D eigenvalue weighted by atomic mass is 16.5. The molecule has 0 unspecified atom stereocenters. The van der Waals surface area contributed by atoms with E-state index in [1.54, 1.807) is 18.5 Å². The van der Waals surface area contributed by atoms with E-state index >= 15 is 0 Å². The topological polar surface area (TPSA) is 179 Å². The number of H-pyrrole nitrogens is 1. The molecule has 6 aromatic heterocycles. The van der Waals surface area contributed by atoms with E-state index in [2.05, 4.69) is 19.9 Å². The number of aromatic amines is 1. The van der Waals surface area contributed by atoms with Gasteiger partial charge in [-0.25, -0.2) is 15.0 Å². The summed E-state index contributed by atoms with van der Waals surface area (Å²) in [7, 11) is 1.50. The molecule has 0 bridgehead atoms. The van der Waals surface area contributed by atoms with Gasteiger partial charge in [-0.1, -0.05) is 12.1 Å². The largest absolute Gasteiger partial charge is 0.486 e. The average molecular weight is 599 g/mol. The third-order valence-corrected chi connectivity index (χ3v) is 6.02. The second-order valence-electron chi connectivity index (χ2n) is 8.68. The van der Waals surface area contributed by atoms with Crippen LogP contribution in [0, 0.1) is 0 Å². The van der Waals surface area contributed by atoms with E-state index in [4.69, 9.17) is 24.1 Å². The predicted molar refractivity (Wildman–Crippen MR) is 156 cm³/mol. The SMILES string of the molecule is COc1cc(C=O)c(OCc2cccn3ccnc23)cn1.O=CO.O=Cc1cc(=O)[nH]cc1OCc1cccn2ccnc12. The van der Waals surface area contributed by atoms with E-state index in [1.165, 1.54) is 25.6 Å². The lowest BCUT2D eigenvalue weighted by Gasteiger charge is -2.09. The zero-order valence-electron chi connectivity index (χ0n) is 23.3. The van der Waals surface area contributed by atoms with E-state index in [9.17, 15) is 14.4 Å². The molecule has 6 rings (SSSR count). The number of nitrogens with one attached hydrogen (secondary N) is 1. The Kier molecular flexibility index (Phi) is 10.5. The Labute approximate surface area is 249 Å². The standard InChI is InChI=1S/C15H13N3O3.C14H11N3O3.CH2O2/c1-20-14-7-12(9-19)13(8-17-14)21-10-11-3-2-5-18-6-4-16-15(11)18;18-8-11-6-13(19)16-7-12(11)20-9-10-2-1-4-17-5-3-15-14(10)17;2-1-3/h2-9H,10H2,1H3;1-8H,9H2,(H,16,19);1H,(H,2,3). The summed E-state index contributed by atoms with van der Waals surface area (Å²) in [6.45, 7) is 0.310. The average Bonchev–Trinajstić information content (AvgIpc) is 3.74. The van der Waals surface area contributed by atoms with Crippen LogP contribution >= 0.6 is 0 Å². The number of hydrogen-bond acceptors (Lipinski definition) is 10. The van der Waals surface area contributed by atoms with E-state index in [0.29, 0.717) is 35.8 Å². The first-order chi connectivity index (χ1) is 21.5. The Morgan fingerprint density at radius 1 is 0.818 bits per heavy atom.